The molecule has 1 aliphatic carbocycles. The van der Waals surface area contributed by atoms with Crippen molar-refractivity contribution in [1.29, 1.82) is 0 Å². The molecule has 4 heterocycles. The Labute approximate surface area is 820 Å². The fourth-order valence-electron chi connectivity index (χ4n) is 16.3. The Bertz CT molecular complexity index is 4340. The second-order valence-electron chi connectivity index (χ2n) is 34.9. The standard InChI is InChI=1S/C96H152N32O12/c1-5-41-137-93-73-45-69(57-125-65-81(113-117-125)61-121(33-9-85(129)105-25-17-97)34-10-86(130)106-26-18-98)46-74(93)54-76-48-71(59-127-67-83(115-119-127)63-123(37-13-89(133)109-29-21-101)38-14-90(134)110-30-22-102)50-78(95(76)139-43-7-3)56-80-52-72(60-128-68-84(116-120-128)64-124(39-15-91(135)111-31-23-103)40-16-92(136)112-32-24-104)51-79(96(80)140-44-8-4)55-77-49-70(47-75(53-73)94(77)138-42-6-2)58-126-66-82(114-118-126)62-122(35-11-87(131)107-27-19-99)36-12-88(132)108-28-20-100/h45-52,65-68H,5-44,53-64,97-104H2,1-4H3,(H,105,129)(H,106,130)(H,107,131)(H,108,132)(H,109,133)(H,110,134)(H,111,135)(H,112,136). The normalized spacial score (nSPS) is 11.9. The third-order valence-corrected chi connectivity index (χ3v) is 22.8. The first-order valence-electron chi connectivity index (χ1n) is 49.4. The summed E-state index contributed by atoms with van der Waals surface area (Å²) in [5.41, 5.74) is 58.6. The number of carbonyl (C=O) groups excluding carboxylic acids is 8. The predicted molar refractivity (Wildman–Crippen MR) is 531 cm³/mol. The third-order valence-electron chi connectivity index (χ3n) is 22.8. The predicted octanol–water partition coefficient (Wildman–Crippen LogP) is -0.994. The van der Waals surface area contributed by atoms with Crippen LogP contribution in [-0.4, -0.2) is 310 Å². The highest BCUT2D eigenvalue weighted by Crippen LogP contribution is 2.42. The number of rotatable bonds is 68. The minimum absolute atomic E-state index is 0.155. The van der Waals surface area contributed by atoms with Gasteiger partial charge in [-0.05, 0) is 141 Å². The number of nitrogens with two attached hydrogens (primary N) is 8. The lowest BCUT2D eigenvalue weighted by atomic mass is 9.88. The van der Waals surface area contributed by atoms with Gasteiger partial charge in [-0.15, -0.1) is 20.4 Å². The van der Waals surface area contributed by atoms with Crippen molar-refractivity contribution in [2.24, 2.45) is 45.9 Å². The van der Waals surface area contributed by atoms with Gasteiger partial charge in [0.25, 0.3) is 0 Å². The van der Waals surface area contributed by atoms with E-state index in [1.165, 1.54) is 0 Å². The van der Waals surface area contributed by atoms with Gasteiger partial charge >= 0.3 is 0 Å². The van der Waals surface area contributed by atoms with Crippen molar-refractivity contribution in [1.82, 2.24) is 122 Å². The first-order chi connectivity index (χ1) is 68.1. The molecule has 8 amide bonds. The number of nitrogens with zero attached hydrogens (tertiary/aromatic N) is 16. The van der Waals surface area contributed by atoms with E-state index in [-0.39, 0.29) is 229 Å². The minimum Gasteiger partial charge on any atom is -0.493 e. The van der Waals surface area contributed by atoms with E-state index < -0.39 is 0 Å². The Morgan fingerprint density at radius 2 is 0.429 bits per heavy atom. The molecule has 4 aromatic heterocycles. The summed E-state index contributed by atoms with van der Waals surface area (Å²) in [4.78, 5) is 113. The van der Waals surface area contributed by atoms with Gasteiger partial charge in [-0.3, -0.25) is 58.0 Å². The summed E-state index contributed by atoms with van der Waals surface area (Å²) in [6, 6.07) is 17.3. The molecule has 4 aromatic carbocycles. The highest BCUT2D eigenvalue weighted by atomic mass is 16.5. The summed E-state index contributed by atoms with van der Waals surface area (Å²) in [6.07, 6.45) is 12.5. The lowest BCUT2D eigenvalue weighted by molar-refractivity contribution is -0.123. The number of aromatic nitrogens is 12. The molecular formula is C96H152N32O12. The molecule has 140 heavy (non-hydrogen) atoms. The Hall–Kier alpha value is -12.1. The van der Waals surface area contributed by atoms with Crippen molar-refractivity contribution in [3.05, 3.63) is 163 Å². The molecule has 0 saturated heterocycles. The molecule has 1 aliphatic rings. The quantitative estimate of drug-likeness (QED) is 0.0217. The summed E-state index contributed by atoms with van der Waals surface area (Å²) < 4.78 is 36.2. The smallest absolute Gasteiger partial charge is 0.221 e. The van der Waals surface area contributed by atoms with Gasteiger partial charge in [0.2, 0.25) is 47.3 Å². The zero-order valence-corrected chi connectivity index (χ0v) is 82.4. The molecule has 0 unspecified atom stereocenters. The van der Waals surface area contributed by atoms with Gasteiger partial charge in [0.15, 0.2) is 0 Å². The van der Waals surface area contributed by atoms with Gasteiger partial charge in [0.1, 0.15) is 23.0 Å². The first-order valence-corrected chi connectivity index (χ1v) is 49.4. The number of amides is 8. The van der Waals surface area contributed by atoms with Gasteiger partial charge < -0.3 is 107 Å². The average molecular weight is 1950 g/mol. The Morgan fingerprint density at radius 1 is 0.271 bits per heavy atom. The monoisotopic (exact) mass is 1950 g/mol. The summed E-state index contributed by atoms with van der Waals surface area (Å²) >= 11 is 0. The molecule has 768 valence electrons. The molecule has 0 spiro atoms. The van der Waals surface area contributed by atoms with Crippen LogP contribution < -0.4 is 107 Å². The Balaban J connectivity index is 1.27. The average Bonchev–Trinajstić information content (AvgIpc) is 0.837. The second-order valence-corrected chi connectivity index (χ2v) is 34.9. The number of hydrogen-bond donors (Lipinski definition) is 16. The van der Waals surface area contributed by atoms with Crippen molar-refractivity contribution in [2.45, 2.75) is 183 Å². The van der Waals surface area contributed by atoms with E-state index in [1.807, 2.05) is 44.4 Å². The number of hydrogen-bond acceptors (Lipinski definition) is 32. The maximum absolute atomic E-state index is 13.1. The van der Waals surface area contributed by atoms with E-state index in [4.69, 9.17) is 106 Å². The van der Waals surface area contributed by atoms with Gasteiger partial charge in [0, 0.05) is 260 Å². The van der Waals surface area contributed by atoms with Gasteiger partial charge in [-0.25, -0.2) is 18.7 Å². The Morgan fingerprint density at radius 3 is 0.571 bits per heavy atom. The molecule has 44 nitrogen and oxygen atoms in total. The van der Waals surface area contributed by atoms with Crippen LogP contribution in [-0.2, 0) is 116 Å². The van der Waals surface area contributed by atoms with E-state index in [0.29, 0.717) is 203 Å². The third kappa shape index (κ3) is 39.2. The van der Waals surface area contributed by atoms with Gasteiger partial charge in [0.05, 0.1) is 100 Å². The number of fused-ring (bicyclic) bond motifs is 8. The topological polar surface area (TPSA) is 614 Å². The molecule has 0 fully saturated rings. The van der Waals surface area contributed by atoms with Crippen LogP contribution >= 0.6 is 0 Å². The summed E-state index contributed by atoms with van der Waals surface area (Å²) in [6.45, 7) is 19.2. The van der Waals surface area contributed by atoms with Crippen LogP contribution in [0.15, 0.2) is 73.3 Å². The van der Waals surface area contributed by atoms with Crippen molar-refractivity contribution in [3.63, 3.8) is 0 Å². The number of benzene rings is 4. The summed E-state index contributed by atoms with van der Waals surface area (Å²) in [7, 11) is 0. The highest BCUT2D eigenvalue weighted by molar-refractivity contribution is 5.79. The lowest BCUT2D eigenvalue weighted by Crippen LogP contribution is -2.36. The maximum Gasteiger partial charge on any atom is 0.221 e. The zero-order valence-electron chi connectivity index (χ0n) is 82.4. The number of ether oxygens (including phenoxy) is 4. The van der Waals surface area contributed by atoms with E-state index in [0.717, 1.165) is 66.8 Å². The Kier molecular flexibility index (Phi) is 49.5. The molecule has 44 heteroatoms. The molecule has 0 radical (unpaired) electrons. The molecule has 8 bridgehead atoms. The van der Waals surface area contributed by atoms with Gasteiger partial charge in [-0.1, -0.05) is 48.5 Å². The van der Waals surface area contributed by atoms with Crippen LogP contribution in [0.2, 0.25) is 0 Å². The van der Waals surface area contributed by atoms with Crippen molar-refractivity contribution < 1.29 is 57.3 Å². The molecule has 0 atom stereocenters. The van der Waals surface area contributed by atoms with Crippen LogP contribution in [0.25, 0.3) is 0 Å². The van der Waals surface area contributed by atoms with Crippen LogP contribution in [0.1, 0.15) is 194 Å². The molecule has 9 rings (SSSR count). The van der Waals surface area contributed by atoms with Crippen molar-refractivity contribution >= 4 is 47.3 Å². The van der Waals surface area contributed by atoms with Crippen LogP contribution in [0.4, 0.5) is 0 Å². The van der Waals surface area contributed by atoms with E-state index in [9.17, 15) is 38.4 Å². The second kappa shape index (κ2) is 62.2. The minimum atomic E-state index is -0.172. The van der Waals surface area contributed by atoms with E-state index in [2.05, 4.69) is 119 Å². The van der Waals surface area contributed by atoms with Crippen LogP contribution in [0.5, 0.6) is 23.0 Å². The zero-order chi connectivity index (χ0) is 100. The lowest BCUT2D eigenvalue weighted by Gasteiger charge is -2.25. The summed E-state index contributed by atoms with van der Waals surface area (Å²) in [5.74, 6) is 1.27. The molecule has 8 aromatic rings. The van der Waals surface area contributed by atoms with Crippen LogP contribution in [0, 0.1) is 0 Å². The van der Waals surface area contributed by atoms with E-state index in [1.54, 1.807) is 18.7 Å². The first kappa shape index (κ1) is 112. The van der Waals surface area contributed by atoms with E-state index >= 15 is 0 Å². The van der Waals surface area contributed by atoms with Gasteiger partial charge in [-0.2, -0.15) is 0 Å². The fourth-order valence-corrected chi connectivity index (χ4v) is 16.3. The number of nitrogens with one attached hydrogen (secondary N) is 8. The largest absolute Gasteiger partial charge is 0.493 e. The molecular weight excluding hydrogens is 1790 g/mol. The highest BCUT2D eigenvalue weighted by Gasteiger charge is 2.29. The SMILES string of the molecule is CCCOc1c2cc(Cn3cc(CN(CCC(=O)NCCN)CCC(=O)NCCN)nn3)cc1Cc1cc(Cn3cc(CN(CCC(=O)NCCN)CCC(=O)NCCN)nn3)cc(c1OCCC)Cc1cc(Cn3cc(CN(CCC(=O)NCCN)CCC(=O)NCCN)nn3)cc(c1OCCC)Cc1cc(Cn3cc(CN(CCC(=O)NCCN)CCC(=O)NCCN)nn3)cc(c1OCCC)C2. The summed E-state index contributed by atoms with van der Waals surface area (Å²) in [5, 5.41) is 60.8. The van der Waals surface area contributed by atoms with Crippen molar-refractivity contribution in [3.8, 4) is 23.0 Å². The van der Waals surface area contributed by atoms with Crippen molar-refractivity contribution in [2.75, 3.05) is 184 Å². The van der Waals surface area contributed by atoms with Crippen LogP contribution in [0.3, 0.4) is 0 Å². The molecule has 24 N–H and O–H groups in total. The fraction of sp³-hybridized carbons (Fsp3) is 0.583. The molecule has 0 aliphatic heterocycles. The number of carbonyl (C=O) groups is 8. The molecule has 0 saturated carbocycles. The maximum atomic E-state index is 13.1.